The molecule has 9 heteroatoms. The number of nitrogens with two attached hydrogens (primary N) is 1. The molecular formula is C14H25ClF3N3O2. The molecule has 2 atom stereocenters. The van der Waals surface area contributed by atoms with Crippen molar-refractivity contribution in [3.8, 4) is 0 Å². The topological polar surface area (TPSA) is 84.2 Å². The first-order valence-electron chi connectivity index (χ1n) is 7.52. The molecular weight excluding hydrogens is 335 g/mol. The van der Waals surface area contributed by atoms with Gasteiger partial charge in [-0.1, -0.05) is 26.7 Å². The molecule has 1 saturated carbocycles. The van der Waals surface area contributed by atoms with Crippen LogP contribution in [0.25, 0.3) is 0 Å². The van der Waals surface area contributed by atoms with E-state index in [4.69, 9.17) is 5.73 Å². The number of halogens is 4. The van der Waals surface area contributed by atoms with E-state index in [1.54, 1.807) is 13.8 Å². The van der Waals surface area contributed by atoms with Crippen LogP contribution in [0.3, 0.4) is 0 Å². The minimum absolute atomic E-state index is 0. The maximum atomic E-state index is 13.0. The Morgan fingerprint density at radius 3 is 2.17 bits per heavy atom. The van der Waals surface area contributed by atoms with Crippen LogP contribution < -0.4 is 16.4 Å². The molecule has 1 aliphatic rings. The molecule has 0 saturated heterocycles. The lowest BCUT2D eigenvalue weighted by Gasteiger charge is -2.27. The lowest BCUT2D eigenvalue weighted by molar-refractivity contribution is -0.171. The van der Waals surface area contributed by atoms with Crippen molar-refractivity contribution in [2.24, 2.45) is 17.6 Å². The number of hydrogen-bond acceptors (Lipinski definition) is 3. The molecule has 1 rings (SSSR count). The second-order valence-electron chi connectivity index (χ2n) is 6.12. The van der Waals surface area contributed by atoms with Crippen LogP contribution in [0.2, 0.25) is 0 Å². The zero-order valence-corrected chi connectivity index (χ0v) is 14.1. The number of amides is 2. The fraction of sp³-hybridized carbons (Fsp3) is 0.857. The summed E-state index contributed by atoms with van der Waals surface area (Å²) in [5, 5.41) is 4.27. The molecule has 1 aliphatic carbocycles. The van der Waals surface area contributed by atoms with Crippen molar-refractivity contribution in [3.63, 3.8) is 0 Å². The van der Waals surface area contributed by atoms with Gasteiger partial charge in [-0.3, -0.25) is 9.59 Å². The predicted octanol–water partition coefficient (Wildman–Crippen LogP) is 1.74. The lowest BCUT2D eigenvalue weighted by atomic mass is 9.97. The molecule has 0 aromatic heterocycles. The SMILES string of the molecule is CC(C)[C@H](N)C(=O)NCC(=O)NC(C1CCCC1)C(F)(F)F.Cl. The van der Waals surface area contributed by atoms with Crippen molar-refractivity contribution < 1.29 is 22.8 Å². The second kappa shape index (κ2) is 9.32. The van der Waals surface area contributed by atoms with Crippen molar-refractivity contribution in [2.45, 2.75) is 57.8 Å². The standard InChI is InChI=1S/C14H24F3N3O2.ClH/c1-8(2)11(18)13(22)19-7-10(21)20-12(14(15,16)17)9-5-3-4-6-9;/h8-9,11-12H,3-7,18H2,1-2H3,(H,19,22)(H,20,21);1H/t11-,12?;/m0./s1. The van der Waals surface area contributed by atoms with E-state index < -0.39 is 42.5 Å². The Morgan fingerprint density at radius 2 is 1.74 bits per heavy atom. The zero-order valence-electron chi connectivity index (χ0n) is 13.3. The second-order valence-corrected chi connectivity index (χ2v) is 6.12. The minimum Gasteiger partial charge on any atom is -0.346 e. The summed E-state index contributed by atoms with van der Waals surface area (Å²) < 4.78 is 39.1. The van der Waals surface area contributed by atoms with Crippen molar-refractivity contribution in [1.29, 1.82) is 0 Å². The average molecular weight is 360 g/mol. The molecule has 0 aromatic carbocycles. The third-order valence-corrected chi connectivity index (χ3v) is 3.98. The van der Waals surface area contributed by atoms with Crippen LogP contribution in [0, 0.1) is 11.8 Å². The number of rotatable bonds is 6. The van der Waals surface area contributed by atoms with Crippen molar-refractivity contribution >= 4 is 24.2 Å². The highest BCUT2D eigenvalue weighted by Gasteiger charge is 2.46. The van der Waals surface area contributed by atoms with Gasteiger partial charge in [-0.2, -0.15) is 13.2 Å². The predicted molar refractivity (Wildman–Crippen MR) is 83.0 cm³/mol. The maximum absolute atomic E-state index is 13.0. The number of carbonyl (C=O) groups is 2. The Kier molecular flexibility index (Phi) is 8.90. The third kappa shape index (κ3) is 6.95. The van der Waals surface area contributed by atoms with E-state index >= 15 is 0 Å². The molecule has 0 heterocycles. The lowest BCUT2D eigenvalue weighted by Crippen LogP contribution is -2.53. The van der Waals surface area contributed by atoms with Gasteiger partial charge in [0, 0.05) is 0 Å². The summed E-state index contributed by atoms with van der Waals surface area (Å²) in [4.78, 5) is 23.3. The van der Waals surface area contributed by atoms with E-state index in [1.165, 1.54) is 0 Å². The molecule has 2 amide bonds. The number of hydrogen-bond donors (Lipinski definition) is 3. The number of nitrogens with one attached hydrogen (secondary N) is 2. The van der Waals surface area contributed by atoms with E-state index in [0.717, 1.165) is 12.8 Å². The Labute approximate surface area is 140 Å². The molecule has 0 radical (unpaired) electrons. The largest absolute Gasteiger partial charge is 0.408 e. The fourth-order valence-electron chi connectivity index (χ4n) is 2.57. The van der Waals surface area contributed by atoms with Crippen molar-refractivity contribution in [2.75, 3.05) is 6.54 Å². The van der Waals surface area contributed by atoms with Crippen LogP contribution in [0.5, 0.6) is 0 Å². The summed E-state index contributed by atoms with van der Waals surface area (Å²) in [5.74, 6) is -2.10. The molecule has 23 heavy (non-hydrogen) atoms. The van der Waals surface area contributed by atoms with Gasteiger partial charge in [0.25, 0.3) is 0 Å². The number of carbonyl (C=O) groups excluding carboxylic acids is 2. The summed E-state index contributed by atoms with van der Waals surface area (Å²) in [6, 6.07) is -2.64. The summed E-state index contributed by atoms with van der Waals surface area (Å²) in [7, 11) is 0. The molecule has 0 bridgehead atoms. The van der Waals surface area contributed by atoms with Crippen LogP contribution in [0.15, 0.2) is 0 Å². The minimum atomic E-state index is -4.48. The van der Waals surface area contributed by atoms with E-state index in [2.05, 4.69) is 5.32 Å². The highest BCUT2D eigenvalue weighted by molar-refractivity contribution is 5.87. The summed E-state index contributed by atoms with van der Waals surface area (Å²) in [6.45, 7) is 2.98. The first-order chi connectivity index (χ1) is 10.1. The Hall–Kier alpha value is -1.02. The van der Waals surface area contributed by atoms with E-state index in [1.807, 2.05) is 5.32 Å². The molecule has 1 fully saturated rings. The van der Waals surface area contributed by atoms with E-state index in [9.17, 15) is 22.8 Å². The molecule has 0 aromatic rings. The van der Waals surface area contributed by atoms with E-state index in [-0.39, 0.29) is 18.3 Å². The highest BCUT2D eigenvalue weighted by Crippen LogP contribution is 2.35. The summed E-state index contributed by atoms with van der Waals surface area (Å²) in [5.41, 5.74) is 5.59. The summed E-state index contributed by atoms with van der Waals surface area (Å²) in [6.07, 6.45) is -2.09. The zero-order chi connectivity index (χ0) is 16.9. The smallest absolute Gasteiger partial charge is 0.346 e. The van der Waals surface area contributed by atoms with Gasteiger partial charge in [0.05, 0.1) is 12.6 Å². The monoisotopic (exact) mass is 359 g/mol. The quantitative estimate of drug-likeness (QED) is 0.675. The van der Waals surface area contributed by atoms with Crippen molar-refractivity contribution in [1.82, 2.24) is 10.6 Å². The van der Waals surface area contributed by atoms with Gasteiger partial charge < -0.3 is 16.4 Å². The molecule has 136 valence electrons. The average Bonchev–Trinajstić information content (AvgIpc) is 2.93. The Morgan fingerprint density at radius 1 is 1.22 bits per heavy atom. The van der Waals surface area contributed by atoms with Gasteiger partial charge in [-0.25, -0.2) is 0 Å². The van der Waals surface area contributed by atoms with Crippen molar-refractivity contribution in [3.05, 3.63) is 0 Å². The molecule has 0 spiro atoms. The van der Waals surface area contributed by atoms with Gasteiger partial charge in [-0.05, 0) is 24.7 Å². The Balaban J connectivity index is 0.00000484. The highest BCUT2D eigenvalue weighted by atomic mass is 35.5. The van der Waals surface area contributed by atoms with Gasteiger partial charge in [0.1, 0.15) is 6.04 Å². The van der Waals surface area contributed by atoms with E-state index in [0.29, 0.717) is 12.8 Å². The first-order valence-corrected chi connectivity index (χ1v) is 7.52. The van der Waals surface area contributed by atoms with Crippen LogP contribution in [-0.4, -0.2) is 36.6 Å². The van der Waals surface area contributed by atoms with Crippen LogP contribution >= 0.6 is 12.4 Å². The molecule has 1 unspecified atom stereocenters. The van der Waals surface area contributed by atoms with Crippen LogP contribution in [0.4, 0.5) is 13.2 Å². The van der Waals surface area contributed by atoms with Crippen LogP contribution in [-0.2, 0) is 9.59 Å². The Bertz CT molecular complexity index is 399. The maximum Gasteiger partial charge on any atom is 0.408 e. The first kappa shape index (κ1) is 22.0. The third-order valence-electron chi connectivity index (χ3n) is 3.98. The van der Waals surface area contributed by atoms with Crippen LogP contribution in [0.1, 0.15) is 39.5 Å². The number of alkyl halides is 3. The van der Waals surface area contributed by atoms with Gasteiger partial charge >= 0.3 is 6.18 Å². The summed E-state index contributed by atoms with van der Waals surface area (Å²) >= 11 is 0. The van der Waals surface area contributed by atoms with Gasteiger partial charge in [-0.15, -0.1) is 12.4 Å². The fourth-order valence-corrected chi connectivity index (χ4v) is 2.57. The molecule has 4 N–H and O–H groups in total. The molecule has 5 nitrogen and oxygen atoms in total. The van der Waals surface area contributed by atoms with Gasteiger partial charge in [0.15, 0.2) is 0 Å². The normalized spacial score (nSPS) is 18.2. The van der Waals surface area contributed by atoms with Gasteiger partial charge in [0.2, 0.25) is 11.8 Å². The molecule has 0 aliphatic heterocycles.